The highest BCUT2D eigenvalue weighted by molar-refractivity contribution is 5.42. The van der Waals surface area contributed by atoms with E-state index < -0.39 is 0 Å². The molecule has 0 atom stereocenters. The van der Waals surface area contributed by atoms with Gasteiger partial charge in [-0.3, -0.25) is 0 Å². The average molecular weight is 147 g/mol. The number of anilines is 1. The summed E-state index contributed by atoms with van der Waals surface area (Å²) in [5.41, 5.74) is 3.06. The van der Waals surface area contributed by atoms with Crippen LogP contribution in [0.2, 0.25) is 0 Å². The number of H-pyrrole nitrogens is 1. The Balaban J connectivity index is 2.19. The van der Waals surface area contributed by atoms with E-state index in [1.54, 1.807) is 0 Å². The van der Waals surface area contributed by atoms with E-state index in [0.717, 1.165) is 5.82 Å². The molecule has 0 unspecified atom stereocenters. The van der Waals surface area contributed by atoms with Crippen LogP contribution in [0.4, 0.5) is 5.82 Å². The Hall–Kier alpha value is -1.64. The van der Waals surface area contributed by atoms with E-state index >= 15 is 0 Å². The second-order valence-electron chi connectivity index (χ2n) is 2.26. The van der Waals surface area contributed by atoms with Gasteiger partial charge in [0.1, 0.15) is 5.82 Å². The molecule has 0 spiro atoms. The zero-order chi connectivity index (χ0) is 7.52. The van der Waals surface area contributed by atoms with Crippen LogP contribution in [0.5, 0.6) is 0 Å². The van der Waals surface area contributed by atoms with Crippen LogP contribution in [-0.2, 0) is 0 Å². The minimum Gasteiger partial charge on any atom is -0.347 e. The van der Waals surface area contributed by atoms with Crippen LogP contribution in [0, 0.1) is 0 Å². The predicted molar refractivity (Wildman–Crippen MR) is 44.7 cm³/mol. The molecule has 0 saturated heterocycles. The van der Waals surface area contributed by atoms with Crippen molar-refractivity contribution in [2.75, 3.05) is 5.01 Å². The highest BCUT2D eigenvalue weighted by atomic mass is 15.5. The summed E-state index contributed by atoms with van der Waals surface area (Å²) in [6.45, 7) is 0. The molecule has 2 heterocycles. The maximum Gasteiger partial charge on any atom is 0.129 e. The number of hydrogen-bond acceptors (Lipinski definition) is 2. The number of aromatic amines is 1. The molecular weight excluding hydrogens is 138 g/mol. The number of aromatic nitrogens is 1. The van der Waals surface area contributed by atoms with Crippen molar-refractivity contribution in [1.29, 1.82) is 0 Å². The minimum absolute atomic E-state index is 1.03. The lowest BCUT2D eigenvalue weighted by Crippen LogP contribution is -2.30. The fourth-order valence-corrected chi connectivity index (χ4v) is 0.978. The van der Waals surface area contributed by atoms with Crippen molar-refractivity contribution >= 4 is 5.82 Å². The fourth-order valence-electron chi connectivity index (χ4n) is 0.978. The summed E-state index contributed by atoms with van der Waals surface area (Å²) >= 11 is 0. The number of rotatable bonds is 1. The van der Waals surface area contributed by atoms with Gasteiger partial charge in [0.15, 0.2) is 0 Å². The molecule has 11 heavy (non-hydrogen) atoms. The van der Waals surface area contributed by atoms with Gasteiger partial charge in [-0.05, 0) is 24.3 Å². The normalized spacial score (nSPS) is 15.1. The van der Waals surface area contributed by atoms with Crippen molar-refractivity contribution in [3.63, 3.8) is 0 Å². The molecule has 1 aliphatic rings. The van der Waals surface area contributed by atoms with Gasteiger partial charge in [0.05, 0.1) is 0 Å². The predicted octanol–water partition coefficient (Wildman–Crippen LogP) is 1.37. The van der Waals surface area contributed by atoms with E-state index in [1.165, 1.54) is 0 Å². The first-order valence-corrected chi connectivity index (χ1v) is 3.49. The summed E-state index contributed by atoms with van der Waals surface area (Å²) in [5, 5.41) is 1.90. The Morgan fingerprint density at radius 3 is 2.91 bits per heavy atom. The van der Waals surface area contributed by atoms with E-state index in [0.29, 0.717) is 0 Å². The van der Waals surface area contributed by atoms with Gasteiger partial charge in [-0.25, -0.2) is 5.01 Å². The van der Waals surface area contributed by atoms with Gasteiger partial charge in [-0.1, -0.05) is 0 Å². The van der Waals surface area contributed by atoms with E-state index in [4.69, 9.17) is 0 Å². The SMILES string of the molecule is C1=CNN(c2ccc[nH]2)C=C1. The van der Waals surface area contributed by atoms with E-state index in [2.05, 4.69) is 10.4 Å². The van der Waals surface area contributed by atoms with Crippen molar-refractivity contribution in [3.8, 4) is 0 Å². The van der Waals surface area contributed by atoms with Crippen molar-refractivity contribution in [1.82, 2.24) is 10.4 Å². The molecule has 0 radical (unpaired) electrons. The summed E-state index contributed by atoms with van der Waals surface area (Å²) in [7, 11) is 0. The van der Waals surface area contributed by atoms with Crippen LogP contribution in [0.25, 0.3) is 0 Å². The first kappa shape index (κ1) is 6.09. The maximum atomic E-state index is 3.09. The van der Waals surface area contributed by atoms with Gasteiger partial charge in [0, 0.05) is 18.6 Å². The van der Waals surface area contributed by atoms with Crippen LogP contribution < -0.4 is 10.4 Å². The molecule has 3 heteroatoms. The molecule has 0 amide bonds. The van der Waals surface area contributed by atoms with Crippen LogP contribution in [0.1, 0.15) is 0 Å². The lowest BCUT2D eigenvalue weighted by Gasteiger charge is -2.19. The van der Waals surface area contributed by atoms with Gasteiger partial charge < -0.3 is 10.4 Å². The zero-order valence-corrected chi connectivity index (χ0v) is 5.99. The Labute approximate surface area is 65.0 Å². The molecule has 0 aromatic carbocycles. The standard InChI is InChI=1S/C8H9N3/c1-2-7-11(10-6-1)8-4-3-5-9-8/h1-7,9-10H. The summed E-state index contributed by atoms with van der Waals surface area (Å²) in [4.78, 5) is 3.09. The van der Waals surface area contributed by atoms with Crippen LogP contribution in [-0.4, -0.2) is 4.98 Å². The molecule has 2 rings (SSSR count). The Morgan fingerprint density at radius 2 is 2.27 bits per heavy atom. The van der Waals surface area contributed by atoms with Gasteiger partial charge >= 0.3 is 0 Å². The van der Waals surface area contributed by atoms with Crippen molar-refractivity contribution in [2.45, 2.75) is 0 Å². The molecule has 0 fully saturated rings. The first-order chi connectivity index (χ1) is 5.47. The highest BCUT2D eigenvalue weighted by Crippen LogP contribution is 2.09. The average Bonchev–Trinajstić information content (AvgIpc) is 2.58. The summed E-state index contributed by atoms with van der Waals surface area (Å²) in [6, 6.07) is 3.96. The van der Waals surface area contributed by atoms with E-state index in [1.807, 2.05) is 47.9 Å². The monoisotopic (exact) mass is 147 g/mol. The third kappa shape index (κ3) is 1.12. The molecule has 1 aromatic rings. The second kappa shape index (κ2) is 2.54. The lowest BCUT2D eigenvalue weighted by atomic mass is 10.5. The summed E-state index contributed by atoms with van der Waals surface area (Å²) in [6.07, 6.45) is 9.63. The Bertz CT molecular complexity index is 272. The quantitative estimate of drug-likeness (QED) is 0.628. The molecule has 0 bridgehead atoms. The molecule has 2 N–H and O–H groups in total. The number of hydrazine groups is 1. The molecular formula is C8H9N3. The largest absolute Gasteiger partial charge is 0.347 e. The van der Waals surface area contributed by atoms with Crippen molar-refractivity contribution in [2.24, 2.45) is 0 Å². The van der Waals surface area contributed by atoms with Crippen LogP contribution >= 0.6 is 0 Å². The summed E-state index contributed by atoms with van der Waals surface area (Å²) < 4.78 is 0. The van der Waals surface area contributed by atoms with Crippen LogP contribution in [0.15, 0.2) is 42.9 Å². The third-order valence-corrected chi connectivity index (χ3v) is 1.50. The maximum absolute atomic E-state index is 3.09. The van der Waals surface area contributed by atoms with Crippen LogP contribution in [0.3, 0.4) is 0 Å². The number of nitrogens with zero attached hydrogens (tertiary/aromatic N) is 1. The van der Waals surface area contributed by atoms with Gasteiger partial charge in [0.25, 0.3) is 0 Å². The molecule has 3 nitrogen and oxygen atoms in total. The smallest absolute Gasteiger partial charge is 0.129 e. The van der Waals surface area contributed by atoms with Gasteiger partial charge in [-0.15, -0.1) is 0 Å². The van der Waals surface area contributed by atoms with Crippen molar-refractivity contribution < 1.29 is 0 Å². The van der Waals surface area contributed by atoms with Gasteiger partial charge in [0.2, 0.25) is 0 Å². The molecule has 0 aliphatic carbocycles. The number of hydrogen-bond donors (Lipinski definition) is 2. The second-order valence-corrected chi connectivity index (χ2v) is 2.26. The number of nitrogens with one attached hydrogen (secondary N) is 2. The molecule has 1 aliphatic heterocycles. The Kier molecular flexibility index (Phi) is 1.41. The van der Waals surface area contributed by atoms with Gasteiger partial charge in [-0.2, -0.15) is 0 Å². The van der Waals surface area contributed by atoms with E-state index in [9.17, 15) is 0 Å². The fraction of sp³-hybridized carbons (Fsp3) is 0. The Morgan fingerprint density at radius 1 is 1.27 bits per heavy atom. The van der Waals surface area contributed by atoms with Crippen molar-refractivity contribution in [3.05, 3.63) is 42.9 Å². The van der Waals surface area contributed by atoms with E-state index in [-0.39, 0.29) is 0 Å². The minimum atomic E-state index is 1.03. The third-order valence-electron chi connectivity index (χ3n) is 1.50. The molecule has 1 aromatic heterocycles. The first-order valence-electron chi connectivity index (χ1n) is 3.49. The molecule has 0 saturated carbocycles. The summed E-state index contributed by atoms with van der Waals surface area (Å²) in [5.74, 6) is 1.03. The lowest BCUT2D eigenvalue weighted by molar-refractivity contribution is 0.853. The zero-order valence-electron chi connectivity index (χ0n) is 5.99. The topological polar surface area (TPSA) is 31.1 Å². The highest BCUT2D eigenvalue weighted by Gasteiger charge is 2.00. The molecule has 56 valence electrons. The number of allylic oxidation sites excluding steroid dienone is 2.